The Labute approximate surface area is 87.6 Å². The summed E-state index contributed by atoms with van der Waals surface area (Å²) in [7, 11) is 0. The second-order valence-corrected chi connectivity index (χ2v) is 4.21. The molecule has 1 nitrogen and oxygen atoms in total. The monoisotopic (exact) mass is 199 g/mol. The first-order chi connectivity index (χ1) is 6.34. The molecule has 1 rings (SSSR count). The summed E-state index contributed by atoms with van der Waals surface area (Å²) in [6.45, 7) is 4.74. The summed E-state index contributed by atoms with van der Waals surface area (Å²) in [5, 5.41) is 0. The average molecular weight is 199 g/mol. The molecule has 13 heavy (non-hydrogen) atoms. The van der Waals surface area contributed by atoms with Gasteiger partial charge in [0.05, 0.1) is 0 Å². The molecule has 1 aliphatic rings. The number of nitrogens with zero attached hydrogens (tertiary/aromatic N) is 1. The van der Waals surface area contributed by atoms with Gasteiger partial charge in [0, 0.05) is 18.3 Å². The van der Waals surface area contributed by atoms with Crippen LogP contribution in [0, 0.1) is 0 Å². The predicted octanol–water partition coefficient (Wildman–Crippen LogP) is 2.74. The molecular formula is C11H21NS. The van der Waals surface area contributed by atoms with Crippen LogP contribution in [0.5, 0.6) is 0 Å². The van der Waals surface area contributed by atoms with Crippen LogP contribution in [0.4, 0.5) is 0 Å². The second-order valence-electron chi connectivity index (χ2n) is 3.85. The first-order valence-electron chi connectivity index (χ1n) is 5.34. The predicted molar refractivity (Wildman–Crippen MR) is 62.5 cm³/mol. The Morgan fingerprint density at radius 2 is 2.15 bits per heavy atom. The van der Waals surface area contributed by atoms with E-state index in [1.165, 1.54) is 32.2 Å². The molecule has 0 aromatic rings. The summed E-state index contributed by atoms with van der Waals surface area (Å²) in [5.41, 5.74) is 0. The van der Waals surface area contributed by atoms with Crippen molar-refractivity contribution in [3.05, 3.63) is 12.2 Å². The van der Waals surface area contributed by atoms with Crippen molar-refractivity contribution in [1.29, 1.82) is 0 Å². The van der Waals surface area contributed by atoms with E-state index in [1.54, 1.807) is 0 Å². The van der Waals surface area contributed by atoms with E-state index in [2.05, 4.69) is 36.6 Å². The molecule has 2 heteroatoms. The highest BCUT2D eigenvalue weighted by Crippen LogP contribution is 2.15. The lowest BCUT2D eigenvalue weighted by molar-refractivity contribution is 0.237. The average Bonchev–Trinajstić information content (AvgIpc) is 2.32. The van der Waals surface area contributed by atoms with E-state index < -0.39 is 0 Å². The van der Waals surface area contributed by atoms with Crippen LogP contribution < -0.4 is 0 Å². The molecule has 0 saturated carbocycles. The van der Waals surface area contributed by atoms with E-state index in [0.29, 0.717) is 0 Å². The number of thiol groups is 1. The van der Waals surface area contributed by atoms with Crippen molar-refractivity contribution in [1.82, 2.24) is 4.90 Å². The number of hydrogen-bond acceptors (Lipinski definition) is 2. The van der Waals surface area contributed by atoms with Crippen LogP contribution in [0.25, 0.3) is 0 Å². The molecule has 1 saturated heterocycles. The highest BCUT2D eigenvalue weighted by Gasteiger charge is 2.14. The largest absolute Gasteiger partial charge is 0.297 e. The van der Waals surface area contributed by atoms with Crippen molar-refractivity contribution >= 4 is 12.6 Å². The van der Waals surface area contributed by atoms with Crippen LogP contribution in [0.2, 0.25) is 0 Å². The van der Waals surface area contributed by atoms with Crippen molar-refractivity contribution in [2.24, 2.45) is 0 Å². The highest BCUT2D eigenvalue weighted by molar-refractivity contribution is 7.80. The van der Waals surface area contributed by atoms with Crippen LogP contribution in [-0.2, 0) is 0 Å². The summed E-state index contributed by atoms with van der Waals surface area (Å²) in [5.74, 6) is 0.863. The fraction of sp³-hybridized carbons (Fsp3) is 0.818. The minimum atomic E-state index is 0.770. The molecule has 1 unspecified atom stereocenters. The topological polar surface area (TPSA) is 3.24 Å². The van der Waals surface area contributed by atoms with E-state index in [9.17, 15) is 0 Å². The molecule has 1 aliphatic heterocycles. The van der Waals surface area contributed by atoms with Crippen LogP contribution >= 0.6 is 12.6 Å². The third-order valence-corrected chi connectivity index (χ3v) is 3.01. The summed E-state index contributed by atoms with van der Waals surface area (Å²) >= 11 is 4.16. The smallest absolute Gasteiger partial charge is 0.0166 e. The molecule has 76 valence electrons. The summed E-state index contributed by atoms with van der Waals surface area (Å²) in [6, 6.07) is 0.770. The molecule has 0 aromatic heterocycles. The van der Waals surface area contributed by atoms with Crippen LogP contribution in [0.15, 0.2) is 12.2 Å². The van der Waals surface area contributed by atoms with Gasteiger partial charge in [-0.15, -0.1) is 0 Å². The van der Waals surface area contributed by atoms with Gasteiger partial charge in [-0.1, -0.05) is 25.0 Å². The maximum atomic E-state index is 4.16. The van der Waals surface area contributed by atoms with Gasteiger partial charge in [0.2, 0.25) is 0 Å². The van der Waals surface area contributed by atoms with Crippen molar-refractivity contribution < 1.29 is 0 Å². The van der Waals surface area contributed by atoms with Crippen LogP contribution in [-0.4, -0.2) is 29.8 Å². The summed E-state index contributed by atoms with van der Waals surface area (Å²) < 4.78 is 0. The van der Waals surface area contributed by atoms with Crippen LogP contribution in [0.3, 0.4) is 0 Å². The maximum absolute atomic E-state index is 4.16. The zero-order chi connectivity index (χ0) is 9.52. The zero-order valence-electron chi connectivity index (χ0n) is 8.58. The van der Waals surface area contributed by atoms with Gasteiger partial charge in [-0.3, -0.25) is 4.90 Å². The van der Waals surface area contributed by atoms with Crippen molar-refractivity contribution in [3.63, 3.8) is 0 Å². The molecule has 0 aliphatic carbocycles. The van der Waals surface area contributed by atoms with Gasteiger partial charge in [0.1, 0.15) is 0 Å². The molecule has 0 amide bonds. The fourth-order valence-electron chi connectivity index (χ4n) is 1.89. The second kappa shape index (κ2) is 6.50. The molecule has 0 aromatic carbocycles. The number of likely N-dealkylation sites (tertiary alicyclic amines) is 1. The lowest BCUT2D eigenvalue weighted by Crippen LogP contribution is -2.32. The molecular weight excluding hydrogens is 178 g/mol. The third kappa shape index (κ3) is 4.19. The zero-order valence-corrected chi connectivity index (χ0v) is 9.47. The molecule has 0 spiro atoms. The minimum absolute atomic E-state index is 0.770. The quantitative estimate of drug-likeness (QED) is 0.540. The van der Waals surface area contributed by atoms with E-state index in [1.807, 2.05) is 0 Å². The van der Waals surface area contributed by atoms with Crippen molar-refractivity contribution in [3.8, 4) is 0 Å². The van der Waals surface area contributed by atoms with Gasteiger partial charge in [-0.2, -0.15) is 12.6 Å². The van der Waals surface area contributed by atoms with Crippen LogP contribution in [0.1, 0.15) is 32.6 Å². The highest BCUT2D eigenvalue weighted by atomic mass is 32.1. The first kappa shape index (κ1) is 11.1. The Bertz CT molecular complexity index is 156. The van der Waals surface area contributed by atoms with Gasteiger partial charge in [-0.25, -0.2) is 0 Å². The lowest BCUT2D eigenvalue weighted by atomic mass is 10.1. The minimum Gasteiger partial charge on any atom is -0.297 e. The van der Waals surface area contributed by atoms with Gasteiger partial charge < -0.3 is 0 Å². The van der Waals surface area contributed by atoms with E-state index in [0.717, 1.165) is 18.3 Å². The SMILES string of the molecule is CC1CCCCCN1C/C=C/CS. The standard InChI is InChI=1S/C11H21NS/c1-11-7-3-2-4-8-12(11)9-5-6-10-13/h5-6,11,13H,2-4,7-10H2,1H3/b6-5+. The normalized spacial score (nSPS) is 26.5. The number of hydrogen-bond donors (Lipinski definition) is 1. The molecule has 0 radical (unpaired) electrons. The van der Waals surface area contributed by atoms with Gasteiger partial charge in [0.25, 0.3) is 0 Å². The summed E-state index contributed by atoms with van der Waals surface area (Å²) in [4.78, 5) is 2.58. The fourth-order valence-corrected chi connectivity index (χ4v) is 2.04. The lowest BCUT2D eigenvalue weighted by Gasteiger charge is -2.25. The molecule has 0 N–H and O–H groups in total. The Kier molecular flexibility index (Phi) is 5.56. The van der Waals surface area contributed by atoms with Gasteiger partial charge in [0.15, 0.2) is 0 Å². The molecule has 1 heterocycles. The van der Waals surface area contributed by atoms with Crippen molar-refractivity contribution in [2.75, 3.05) is 18.8 Å². The van der Waals surface area contributed by atoms with E-state index in [4.69, 9.17) is 0 Å². The summed E-state index contributed by atoms with van der Waals surface area (Å²) in [6.07, 6.45) is 9.95. The van der Waals surface area contributed by atoms with Crippen molar-refractivity contribution in [2.45, 2.75) is 38.6 Å². The third-order valence-electron chi connectivity index (χ3n) is 2.80. The van der Waals surface area contributed by atoms with Gasteiger partial charge in [-0.05, 0) is 26.3 Å². The van der Waals surface area contributed by atoms with Gasteiger partial charge >= 0.3 is 0 Å². The Balaban J connectivity index is 2.31. The first-order valence-corrected chi connectivity index (χ1v) is 5.97. The Morgan fingerprint density at radius 1 is 1.31 bits per heavy atom. The molecule has 1 fully saturated rings. The maximum Gasteiger partial charge on any atom is 0.0166 e. The molecule has 0 bridgehead atoms. The Hall–Kier alpha value is 0.0500. The number of rotatable bonds is 3. The van der Waals surface area contributed by atoms with E-state index >= 15 is 0 Å². The Morgan fingerprint density at radius 3 is 2.92 bits per heavy atom. The molecule has 1 atom stereocenters. The van der Waals surface area contributed by atoms with E-state index in [-0.39, 0.29) is 0 Å².